The molecule has 0 atom stereocenters. The van der Waals surface area contributed by atoms with Crippen LogP contribution in [0.4, 0.5) is 17.2 Å². The van der Waals surface area contributed by atoms with Gasteiger partial charge in [-0.25, -0.2) is 13.2 Å². The highest BCUT2D eigenvalue weighted by Gasteiger charge is 2.29. The number of ether oxygens (including phenoxy) is 1. The third kappa shape index (κ3) is 4.96. The second kappa shape index (κ2) is 9.40. The normalized spacial score (nSPS) is 13.4. The predicted molar refractivity (Wildman–Crippen MR) is 126 cm³/mol. The minimum absolute atomic E-state index is 0.0229. The van der Waals surface area contributed by atoms with Crippen LogP contribution < -0.4 is 26.2 Å². The number of nitrogens with one attached hydrogen (secondary N) is 1. The van der Waals surface area contributed by atoms with Gasteiger partial charge in [0.15, 0.2) is 5.69 Å². The van der Waals surface area contributed by atoms with Gasteiger partial charge in [-0.15, -0.1) is 0 Å². The van der Waals surface area contributed by atoms with Crippen LogP contribution in [0.25, 0.3) is 0 Å². The van der Waals surface area contributed by atoms with E-state index in [2.05, 4.69) is 4.98 Å². The number of H-pyrrole nitrogens is 1. The first-order chi connectivity index (χ1) is 15.5. The van der Waals surface area contributed by atoms with E-state index < -0.39 is 27.2 Å². The number of nitrogens with two attached hydrogens (primary N) is 1. The van der Waals surface area contributed by atoms with Gasteiger partial charge >= 0.3 is 5.69 Å². The van der Waals surface area contributed by atoms with Crippen molar-refractivity contribution in [3.05, 3.63) is 50.2 Å². The summed E-state index contributed by atoms with van der Waals surface area (Å²) in [7, 11) is -1.96. The number of benzene rings is 1. The van der Waals surface area contributed by atoms with E-state index in [1.54, 1.807) is 12.1 Å². The highest BCUT2D eigenvalue weighted by atomic mass is 32.2. The van der Waals surface area contributed by atoms with Gasteiger partial charge in [0, 0.05) is 32.3 Å². The monoisotopic (exact) mass is 479 g/mol. The average molecular weight is 480 g/mol. The lowest BCUT2D eigenvalue weighted by Gasteiger charge is -2.25. The average Bonchev–Trinajstić information content (AvgIpc) is 3.16. The van der Waals surface area contributed by atoms with Crippen LogP contribution >= 0.6 is 0 Å². The predicted octanol–water partition coefficient (Wildman–Crippen LogP) is 0.390. The number of sulfonamides is 1. The zero-order chi connectivity index (χ0) is 24.5. The van der Waals surface area contributed by atoms with E-state index in [0.717, 1.165) is 6.26 Å². The molecule has 0 aliphatic carbocycles. The SMILES string of the molecule is COCCN(C(=O)c1ccc2c(c1)CCN2S(C)(=O)=O)c1c(N)n(CC(C)C)c(=O)[nH]c1=O. The molecular formula is C21H29N5O6S. The molecule has 33 heavy (non-hydrogen) atoms. The molecule has 0 bridgehead atoms. The van der Waals surface area contributed by atoms with Gasteiger partial charge in [0.25, 0.3) is 11.5 Å². The first-order valence-corrected chi connectivity index (χ1v) is 12.3. The van der Waals surface area contributed by atoms with E-state index in [0.29, 0.717) is 24.2 Å². The lowest BCUT2D eigenvalue weighted by atomic mass is 10.1. The van der Waals surface area contributed by atoms with Gasteiger partial charge in [0.2, 0.25) is 10.0 Å². The molecule has 11 nitrogen and oxygen atoms in total. The summed E-state index contributed by atoms with van der Waals surface area (Å²) in [6.07, 6.45) is 1.60. The minimum Gasteiger partial charge on any atom is -0.383 e. The van der Waals surface area contributed by atoms with Gasteiger partial charge in [-0.2, -0.15) is 0 Å². The highest BCUT2D eigenvalue weighted by Crippen LogP contribution is 2.31. The molecule has 3 N–H and O–H groups in total. The maximum atomic E-state index is 13.5. The fourth-order valence-electron chi connectivity index (χ4n) is 3.89. The molecule has 1 aromatic carbocycles. The summed E-state index contributed by atoms with van der Waals surface area (Å²) in [5.41, 5.74) is 6.17. The molecule has 0 unspecified atom stereocenters. The molecular weight excluding hydrogens is 450 g/mol. The Balaban J connectivity index is 2.08. The molecule has 1 amide bonds. The Morgan fingerprint density at radius 2 is 2.00 bits per heavy atom. The van der Waals surface area contributed by atoms with Crippen LogP contribution in [-0.2, 0) is 27.7 Å². The van der Waals surface area contributed by atoms with Crippen molar-refractivity contribution in [2.75, 3.05) is 48.0 Å². The number of rotatable bonds is 8. The topological polar surface area (TPSA) is 148 Å². The van der Waals surface area contributed by atoms with E-state index in [4.69, 9.17) is 10.5 Å². The lowest BCUT2D eigenvalue weighted by Crippen LogP contribution is -2.43. The summed E-state index contributed by atoms with van der Waals surface area (Å²) >= 11 is 0. The van der Waals surface area contributed by atoms with Gasteiger partial charge in [0.1, 0.15) is 5.82 Å². The number of aromatic amines is 1. The molecule has 2 heterocycles. The van der Waals surface area contributed by atoms with E-state index in [1.165, 1.54) is 26.9 Å². The molecule has 3 rings (SSSR count). The zero-order valence-corrected chi connectivity index (χ0v) is 19.9. The van der Waals surface area contributed by atoms with Crippen molar-refractivity contribution < 1.29 is 17.9 Å². The van der Waals surface area contributed by atoms with Crippen LogP contribution in [0.3, 0.4) is 0 Å². The Hall–Kier alpha value is -3.12. The van der Waals surface area contributed by atoms with E-state index >= 15 is 0 Å². The molecule has 0 saturated heterocycles. The van der Waals surface area contributed by atoms with Crippen LogP contribution in [0.15, 0.2) is 27.8 Å². The number of carbonyl (C=O) groups excluding carboxylic acids is 1. The van der Waals surface area contributed by atoms with E-state index in [-0.39, 0.29) is 42.7 Å². The molecule has 1 aromatic heterocycles. The number of nitrogen functional groups attached to an aromatic ring is 1. The van der Waals surface area contributed by atoms with Crippen molar-refractivity contribution in [1.82, 2.24) is 9.55 Å². The first kappa shape index (κ1) is 24.5. The van der Waals surface area contributed by atoms with E-state index in [9.17, 15) is 22.8 Å². The molecule has 1 aliphatic rings. The molecule has 180 valence electrons. The fourth-order valence-corrected chi connectivity index (χ4v) is 4.85. The molecule has 2 aromatic rings. The number of hydrogen-bond donors (Lipinski definition) is 2. The zero-order valence-electron chi connectivity index (χ0n) is 19.1. The second-order valence-electron chi connectivity index (χ2n) is 8.38. The van der Waals surface area contributed by atoms with Crippen molar-refractivity contribution >= 4 is 33.1 Å². The Morgan fingerprint density at radius 3 is 2.61 bits per heavy atom. The van der Waals surface area contributed by atoms with Gasteiger partial charge in [-0.05, 0) is 36.1 Å². The van der Waals surface area contributed by atoms with Crippen LogP contribution in [0.5, 0.6) is 0 Å². The smallest absolute Gasteiger partial charge is 0.330 e. The summed E-state index contributed by atoms with van der Waals surface area (Å²) < 4.78 is 31.6. The van der Waals surface area contributed by atoms with Crippen molar-refractivity contribution in [1.29, 1.82) is 0 Å². The molecule has 1 aliphatic heterocycles. The van der Waals surface area contributed by atoms with Gasteiger partial charge in [0.05, 0.1) is 18.6 Å². The van der Waals surface area contributed by atoms with Crippen LogP contribution in [0.1, 0.15) is 29.8 Å². The lowest BCUT2D eigenvalue weighted by molar-refractivity contribution is 0.0975. The number of carbonyl (C=O) groups is 1. The Labute approximate surface area is 191 Å². The fraction of sp³-hybridized carbons (Fsp3) is 0.476. The number of hydrogen-bond acceptors (Lipinski definition) is 7. The third-order valence-electron chi connectivity index (χ3n) is 5.38. The molecule has 12 heteroatoms. The van der Waals surface area contributed by atoms with Gasteiger partial charge in [-0.3, -0.25) is 28.3 Å². The summed E-state index contributed by atoms with van der Waals surface area (Å²) in [5.74, 6) is -0.549. The van der Waals surface area contributed by atoms with Crippen molar-refractivity contribution in [3.63, 3.8) is 0 Å². The molecule has 0 spiro atoms. The van der Waals surface area contributed by atoms with Crippen molar-refractivity contribution in [2.45, 2.75) is 26.8 Å². The number of nitrogens with zero attached hydrogens (tertiary/aromatic N) is 3. The van der Waals surface area contributed by atoms with Crippen LogP contribution in [0.2, 0.25) is 0 Å². The minimum atomic E-state index is -3.42. The number of fused-ring (bicyclic) bond motifs is 1. The summed E-state index contributed by atoms with van der Waals surface area (Å²) in [4.78, 5) is 42.0. The van der Waals surface area contributed by atoms with E-state index in [1.807, 2.05) is 13.8 Å². The quantitative estimate of drug-likeness (QED) is 0.556. The number of amides is 1. The molecule has 0 saturated carbocycles. The number of aromatic nitrogens is 2. The van der Waals surface area contributed by atoms with Crippen molar-refractivity contribution in [3.8, 4) is 0 Å². The summed E-state index contributed by atoms with van der Waals surface area (Å²) in [6.45, 7) is 4.51. The number of methoxy groups -OCH3 is 1. The number of anilines is 3. The largest absolute Gasteiger partial charge is 0.383 e. The van der Waals surface area contributed by atoms with Crippen LogP contribution in [0, 0.1) is 5.92 Å². The summed E-state index contributed by atoms with van der Waals surface area (Å²) in [5, 5.41) is 0. The Morgan fingerprint density at radius 1 is 1.30 bits per heavy atom. The molecule has 0 fully saturated rings. The third-order valence-corrected chi connectivity index (χ3v) is 6.56. The highest BCUT2D eigenvalue weighted by molar-refractivity contribution is 7.92. The van der Waals surface area contributed by atoms with Crippen LogP contribution in [-0.4, -0.2) is 56.9 Å². The summed E-state index contributed by atoms with van der Waals surface area (Å²) in [6, 6.07) is 4.72. The standard InChI is InChI=1S/C21H29N5O6S/c1-13(2)12-25-18(22)17(19(27)23-21(25)29)24(9-10-32-3)20(28)15-5-6-16-14(11-15)7-8-26(16)33(4,30)31/h5-6,11,13H,7-10,12,22H2,1-4H3,(H,23,27,29). The molecule has 0 radical (unpaired) electrons. The van der Waals surface area contributed by atoms with Crippen molar-refractivity contribution in [2.24, 2.45) is 5.92 Å². The first-order valence-electron chi connectivity index (χ1n) is 10.5. The Bertz CT molecular complexity index is 1280. The van der Waals surface area contributed by atoms with Gasteiger partial charge in [-0.1, -0.05) is 13.8 Å². The Kier molecular flexibility index (Phi) is 6.98. The second-order valence-corrected chi connectivity index (χ2v) is 10.3. The maximum Gasteiger partial charge on any atom is 0.330 e. The van der Waals surface area contributed by atoms with Gasteiger partial charge < -0.3 is 10.5 Å². The maximum absolute atomic E-state index is 13.5.